The maximum atomic E-state index is 14.4. The molecule has 3 heterocycles. The molecule has 1 N–H and O–H groups in total. The molecule has 7 atom stereocenters. The summed E-state index contributed by atoms with van der Waals surface area (Å²) in [7, 11) is 0. The normalized spacial score (nSPS) is 31.9. The van der Waals surface area contributed by atoms with Crippen LogP contribution in [-0.4, -0.2) is 80.1 Å². The minimum absolute atomic E-state index is 0.0577. The molecule has 0 radical (unpaired) electrons. The second-order valence-electron chi connectivity index (χ2n) is 11.8. The molecular weight excluding hydrogens is 476 g/mol. The van der Waals surface area contributed by atoms with Gasteiger partial charge in [-0.1, -0.05) is 32.9 Å². The third-order valence-electron chi connectivity index (χ3n) is 8.19. The number of ether oxygens (including phenoxy) is 1. The SMILES string of the molecule is C=CCCCOC(=O)[C@@H]1[C@H]2C(=O)N([C@@H](CO)C(C)C)C(C(=O)N(CC=C)C(C)(C)C)C23S[C@@H]1CC3C. The summed E-state index contributed by atoms with van der Waals surface area (Å²) >= 11 is 1.63. The molecular formula is C28H44N2O5S. The Morgan fingerprint density at radius 1 is 1.31 bits per heavy atom. The average Bonchev–Trinajstić information content (AvgIpc) is 3.38. The molecule has 2 bridgehead atoms. The van der Waals surface area contributed by atoms with Crippen LogP contribution in [0.25, 0.3) is 0 Å². The second kappa shape index (κ2) is 10.9. The van der Waals surface area contributed by atoms with Gasteiger partial charge < -0.3 is 19.6 Å². The number of allylic oxidation sites excluding steroid dienone is 1. The van der Waals surface area contributed by atoms with Gasteiger partial charge in [-0.25, -0.2) is 0 Å². The Kier molecular flexibility index (Phi) is 8.71. The number of unbranched alkanes of at least 4 members (excludes halogenated alkanes) is 1. The maximum Gasteiger partial charge on any atom is 0.310 e. The largest absolute Gasteiger partial charge is 0.465 e. The lowest BCUT2D eigenvalue weighted by atomic mass is 9.66. The van der Waals surface area contributed by atoms with Gasteiger partial charge in [0.25, 0.3) is 0 Å². The van der Waals surface area contributed by atoms with Crippen molar-refractivity contribution in [1.82, 2.24) is 9.80 Å². The van der Waals surface area contributed by atoms with Crippen LogP contribution in [0, 0.1) is 23.7 Å². The fourth-order valence-corrected chi connectivity index (χ4v) is 8.84. The molecule has 3 unspecified atom stereocenters. The van der Waals surface area contributed by atoms with E-state index in [-0.39, 0.29) is 48.1 Å². The van der Waals surface area contributed by atoms with Crippen molar-refractivity contribution >= 4 is 29.5 Å². The van der Waals surface area contributed by atoms with Crippen molar-refractivity contribution in [1.29, 1.82) is 0 Å². The summed E-state index contributed by atoms with van der Waals surface area (Å²) in [5.41, 5.74) is -0.491. The van der Waals surface area contributed by atoms with Crippen LogP contribution in [0.1, 0.15) is 60.8 Å². The first-order valence-electron chi connectivity index (χ1n) is 13.2. The highest BCUT2D eigenvalue weighted by atomic mass is 32.2. The summed E-state index contributed by atoms with van der Waals surface area (Å²) < 4.78 is 4.91. The third-order valence-corrected chi connectivity index (χ3v) is 10.3. The molecule has 0 aliphatic carbocycles. The predicted octanol–water partition coefficient (Wildman–Crippen LogP) is 3.66. The van der Waals surface area contributed by atoms with Crippen LogP contribution in [0.5, 0.6) is 0 Å². The number of aliphatic hydroxyl groups excluding tert-OH is 1. The number of likely N-dealkylation sites (tertiary alicyclic amines) is 1. The van der Waals surface area contributed by atoms with E-state index in [1.165, 1.54) is 0 Å². The lowest BCUT2D eigenvalue weighted by molar-refractivity contribution is -0.155. The Labute approximate surface area is 220 Å². The van der Waals surface area contributed by atoms with Crippen LogP contribution in [0.15, 0.2) is 25.3 Å². The lowest BCUT2D eigenvalue weighted by Gasteiger charge is -2.45. The standard InChI is InChI=1S/C28H44N2O5S/c1-9-11-12-14-35-26(34)21-20-15-18(5)28(36-20)22(21)24(32)30(19(16-31)17(3)4)23(28)25(33)29(13-10-2)27(6,7)8/h9-10,17-23,31H,1-2,11-16H2,3-8H3/t18?,19-,20+,21-,22-,23?,28?/m0/s1. The van der Waals surface area contributed by atoms with Crippen LogP contribution in [0.2, 0.25) is 0 Å². The highest BCUT2D eigenvalue weighted by Gasteiger charge is 2.77. The highest BCUT2D eigenvalue weighted by Crippen LogP contribution is 2.69. The molecule has 8 heteroatoms. The molecule has 3 fully saturated rings. The molecule has 3 rings (SSSR count). The van der Waals surface area contributed by atoms with Crippen molar-refractivity contribution in [3.8, 4) is 0 Å². The van der Waals surface area contributed by atoms with E-state index in [1.807, 2.05) is 34.6 Å². The van der Waals surface area contributed by atoms with Crippen LogP contribution < -0.4 is 0 Å². The van der Waals surface area contributed by atoms with E-state index in [9.17, 15) is 19.5 Å². The molecule has 0 aromatic heterocycles. The van der Waals surface area contributed by atoms with Gasteiger partial charge in [0.1, 0.15) is 6.04 Å². The molecule has 0 saturated carbocycles. The lowest BCUT2D eigenvalue weighted by Crippen LogP contribution is -2.62. The number of nitrogens with zero attached hydrogens (tertiary/aromatic N) is 2. The number of carbonyl (C=O) groups is 3. The van der Waals surface area contributed by atoms with Gasteiger partial charge in [-0.05, 0) is 51.9 Å². The van der Waals surface area contributed by atoms with Gasteiger partial charge in [0.2, 0.25) is 11.8 Å². The minimum Gasteiger partial charge on any atom is -0.465 e. The van der Waals surface area contributed by atoms with Crippen LogP contribution >= 0.6 is 11.8 Å². The highest BCUT2D eigenvalue weighted by molar-refractivity contribution is 8.02. The number of amides is 2. The fraction of sp³-hybridized carbons (Fsp3) is 0.750. The molecule has 7 nitrogen and oxygen atoms in total. The number of esters is 1. The molecule has 3 aliphatic heterocycles. The number of hydrogen-bond acceptors (Lipinski definition) is 6. The average molecular weight is 521 g/mol. The zero-order chi connectivity index (χ0) is 27.0. The van der Waals surface area contributed by atoms with Crippen LogP contribution in [0.3, 0.4) is 0 Å². The van der Waals surface area contributed by atoms with E-state index in [1.54, 1.807) is 33.7 Å². The van der Waals surface area contributed by atoms with E-state index < -0.39 is 34.2 Å². The molecule has 36 heavy (non-hydrogen) atoms. The van der Waals surface area contributed by atoms with Gasteiger partial charge in [0.05, 0.1) is 35.8 Å². The summed E-state index contributed by atoms with van der Waals surface area (Å²) in [6.45, 7) is 19.9. The molecule has 0 aromatic carbocycles. The number of rotatable bonds is 11. The second-order valence-corrected chi connectivity index (χ2v) is 13.3. The van der Waals surface area contributed by atoms with Gasteiger partial charge in [0.15, 0.2) is 0 Å². The Balaban J connectivity index is 2.10. The molecule has 1 spiro atoms. The van der Waals surface area contributed by atoms with E-state index in [2.05, 4.69) is 20.1 Å². The molecule has 3 aliphatic rings. The summed E-state index contributed by atoms with van der Waals surface area (Å²) in [6, 6.07) is -1.29. The number of thioether (sulfide) groups is 1. The molecule has 0 aromatic rings. The van der Waals surface area contributed by atoms with Crippen molar-refractivity contribution in [2.75, 3.05) is 19.8 Å². The zero-order valence-electron chi connectivity index (χ0n) is 22.7. The fourth-order valence-electron chi connectivity index (χ4n) is 6.45. The predicted molar refractivity (Wildman–Crippen MR) is 143 cm³/mol. The van der Waals surface area contributed by atoms with E-state index >= 15 is 0 Å². The van der Waals surface area contributed by atoms with Gasteiger partial charge in [0, 0.05) is 17.3 Å². The Hall–Kier alpha value is -1.80. The van der Waals surface area contributed by atoms with E-state index in [0.717, 1.165) is 12.8 Å². The Morgan fingerprint density at radius 3 is 2.50 bits per heavy atom. The van der Waals surface area contributed by atoms with E-state index in [0.29, 0.717) is 13.0 Å². The Morgan fingerprint density at radius 2 is 1.97 bits per heavy atom. The van der Waals surface area contributed by atoms with Gasteiger partial charge >= 0.3 is 5.97 Å². The minimum atomic E-state index is -0.766. The summed E-state index contributed by atoms with van der Waals surface area (Å²) in [6.07, 6.45) is 5.69. The van der Waals surface area contributed by atoms with Crippen LogP contribution in [0.4, 0.5) is 0 Å². The zero-order valence-corrected chi connectivity index (χ0v) is 23.6. The number of fused-ring (bicyclic) bond motifs is 1. The van der Waals surface area contributed by atoms with Crippen LogP contribution in [-0.2, 0) is 19.1 Å². The first-order valence-corrected chi connectivity index (χ1v) is 14.1. The first kappa shape index (κ1) is 28.8. The summed E-state index contributed by atoms with van der Waals surface area (Å²) in [4.78, 5) is 45.5. The van der Waals surface area contributed by atoms with Crippen molar-refractivity contribution < 1.29 is 24.2 Å². The molecule has 202 valence electrons. The number of carbonyl (C=O) groups excluding carboxylic acids is 3. The Bertz CT molecular complexity index is 884. The summed E-state index contributed by atoms with van der Waals surface area (Å²) in [5, 5.41) is 10.3. The smallest absolute Gasteiger partial charge is 0.310 e. The van der Waals surface area contributed by atoms with Gasteiger partial charge in [-0.2, -0.15) is 0 Å². The van der Waals surface area contributed by atoms with Crippen molar-refractivity contribution in [3.05, 3.63) is 25.3 Å². The number of hydrogen-bond donors (Lipinski definition) is 1. The van der Waals surface area contributed by atoms with E-state index in [4.69, 9.17) is 4.74 Å². The molecule has 3 saturated heterocycles. The first-order chi connectivity index (χ1) is 16.9. The van der Waals surface area contributed by atoms with Gasteiger partial charge in [-0.15, -0.1) is 24.9 Å². The summed E-state index contributed by atoms with van der Waals surface area (Å²) in [5.74, 6) is -1.93. The third kappa shape index (κ3) is 4.64. The quantitative estimate of drug-likeness (QED) is 0.254. The topological polar surface area (TPSA) is 87.1 Å². The monoisotopic (exact) mass is 520 g/mol. The van der Waals surface area contributed by atoms with Crippen molar-refractivity contribution in [3.63, 3.8) is 0 Å². The van der Waals surface area contributed by atoms with Crippen molar-refractivity contribution in [2.45, 2.75) is 88.4 Å². The maximum absolute atomic E-state index is 14.4. The van der Waals surface area contributed by atoms with Crippen molar-refractivity contribution in [2.24, 2.45) is 23.7 Å². The molecule has 2 amide bonds. The van der Waals surface area contributed by atoms with Gasteiger partial charge in [-0.3, -0.25) is 14.4 Å². The number of aliphatic hydroxyl groups is 1.